The van der Waals surface area contributed by atoms with Gasteiger partial charge in [-0.2, -0.15) is 0 Å². The Labute approximate surface area is 114 Å². The van der Waals surface area contributed by atoms with Crippen molar-refractivity contribution in [2.75, 3.05) is 19.7 Å². The minimum absolute atomic E-state index is 0.0718. The lowest BCUT2D eigenvalue weighted by molar-refractivity contribution is -0.0723. The fourth-order valence-corrected chi connectivity index (χ4v) is 2.79. The van der Waals surface area contributed by atoms with Gasteiger partial charge in [0.1, 0.15) is 5.82 Å². The van der Waals surface area contributed by atoms with Gasteiger partial charge in [0.15, 0.2) is 0 Å². The molecule has 4 heteroatoms. The molecule has 1 heterocycles. The van der Waals surface area contributed by atoms with Crippen LogP contribution in [-0.4, -0.2) is 36.7 Å². The Morgan fingerprint density at radius 1 is 1.47 bits per heavy atom. The first-order chi connectivity index (χ1) is 9.17. The van der Waals surface area contributed by atoms with Crippen LogP contribution in [0, 0.1) is 5.82 Å². The number of hydrogen-bond donors (Lipinski definition) is 1. The van der Waals surface area contributed by atoms with Gasteiger partial charge < -0.3 is 10.5 Å². The summed E-state index contributed by atoms with van der Waals surface area (Å²) in [6.45, 7) is 6.10. The summed E-state index contributed by atoms with van der Waals surface area (Å²) in [4.78, 5) is 2.30. The van der Waals surface area contributed by atoms with E-state index in [4.69, 9.17) is 10.5 Å². The van der Waals surface area contributed by atoms with Gasteiger partial charge >= 0.3 is 0 Å². The number of rotatable bonds is 4. The molecule has 3 nitrogen and oxygen atoms in total. The second-order valence-corrected chi connectivity index (χ2v) is 5.18. The maximum absolute atomic E-state index is 14.0. The Morgan fingerprint density at radius 3 is 2.84 bits per heavy atom. The summed E-state index contributed by atoms with van der Waals surface area (Å²) in [6.07, 6.45) is 1.15. The monoisotopic (exact) mass is 266 g/mol. The molecule has 2 N–H and O–H groups in total. The summed E-state index contributed by atoms with van der Waals surface area (Å²) >= 11 is 0. The van der Waals surface area contributed by atoms with E-state index >= 15 is 0 Å². The average Bonchev–Trinajstić information content (AvgIpc) is 2.42. The van der Waals surface area contributed by atoms with Crippen LogP contribution < -0.4 is 5.73 Å². The lowest BCUT2D eigenvalue weighted by Gasteiger charge is -2.43. The van der Waals surface area contributed by atoms with E-state index in [9.17, 15) is 4.39 Å². The molecule has 3 unspecified atom stereocenters. The van der Waals surface area contributed by atoms with Crippen LogP contribution in [0.4, 0.5) is 4.39 Å². The quantitative estimate of drug-likeness (QED) is 0.909. The van der Waals surface area contributed by atoms with Gasteiger partial charge in [-0.15, -0.1) is 0 Å². The zero-order valence-corrected chi connectivity index (χ0v) is 11.7. The predicted molar refractivity (Wildman–Crippen MR) is 74.4 cm³/mol. The number of hydrogen-bond acceptors (Lipinski definition) is 3. The van der Waals surface area contributed by atoms with Crippen molar-refractivity contribution in [2.45, 2.75) is 38.5 Å². The molecule has 1 aliphatic heterocycles. The summed E-state index contributed by atoms with van der Waals surface area (Å²) in [5.41, 5.74) is 6.61. The third-order valence-corrected chi connectivity index (χ3v) is 3.87. The average molecular weight is 266 g/mol. The largest absolute Gasteiger partial charge is 0.376 e. The Kier molecular flexibility index (Phi) is 4.91. The molecule has 0 aromatic heterocycles. The number of nitrogens with two attached hydrogens (primary N) is 1. The highest BCUT2D eigenvalue weighted by Crippen LogP contribution is 2.28. The maximum Gasteiger partial charge on any atom is 0.128 e. The van der Waals surface area contributed by atoms with Gasteiger partial charge in [0.05, 0.1) is 18.8 Å². The smallest absolute Gasteiger partial charge is 0.128 e. The molecule has 1 aromatic carbocycles. The standard InChI is InChI=1S/C15H23FN2O/c1-3-12-10-19-11(2)9-18(12)15(8-17)13-6-4-5-7-14(13)16/h4-7,11-12,15H,3,8-10,17H2,1-2H3. The van der Waals surface area contributed by atoms with Crippen LogP contribution in [0.15, 0.2) is 24.3 Å². The maximum atomic E-state index is 14.0. The first-order valence-electron chi connectivity index (χ1n) is 6.99. The zero-order chi connectivity index (χ0) is 13.8. The molecule has 106 valence electrons. The molecule has 19 heavy (non-hydrogen) atoms. The van der Waals surface area contributed by atoms with E-state index in [0.29, 0.717) is 24.8 Å². The summed E-state index contributed by atoms with van der Waals surface area (Å²) in [6, 6.07) is 7.15. The third-order valence-electron chi connectivity index (χ3n) is 3.87. The molecule has 0 radical (unpaired) electrons. The molecule has 1 saturated heterocycles. The molecule has 1 aromatic rings. The first-order valence-corrected chi connectivity index (χ1v) is 6.99. The molecule has 0 bridgehead atoms. The molecule has 0 saturated carbocycles. The molecular weight excluding hydrogens is 243 g/mol. The minimum atomic E-state index is -0.174. The van der Waals surface area contributed by atoms with Crippen LogP contribution >= 0.6 is 0 Å². The van der Waals surface area contributed by atoms with Gasteiger partial charge in [0.2, 0.25) is 0 Å². The Morgan fingerprint density at radius 2 is 2.21 bits per heavy atom. The van der Waals surface area contributed by atoms with Crippen molar-refractivity contribution in [3.63, 3.8) is 0 Å². The Hall–Kier alpha value is -0.970. The molecular formula is C15H23FN2O. The lowest BCUT2D eigenvalue weighted by Crippen LogP contribution is -2.51. The van der Waals surface area contributed by atoms with Crippen LogP contribution in [0.3, 0.4) is 0 Å². The normalized spacial score (nSPS) is 26.3. The minimum Gasteiger partial charge on any atom is -0.376 e. The lowest BCUT2D eigenvalue weighted by atomic mass is 10.00. The Bertz CT molecular complexity index is 413. The van der Waals surface area contributed by atoms with Gasteiger partial charge in [-0.3, -0.25) is 4.90 Å². The van der Waals surface area contributed by atoms with Crippen LogP contribution in [0.5, 0.6) is 0 Å². The molecule has 2 rings (SSSR count). The van der Waals surface area contributed by atoms with Crippen LogP contribution in [0.1, 0.15) is 31.9 Å². The second kappa shape index (κ2) is 6.46. The highest BCUT2D eigenvalue weighted by atomic mass is 19.1. The first kappa shape index (κ1) is 14.4. The second-order valence-electron chi connectivity index (χ2n) is 5.18. The van der Waals surface area contributed by atoms with Crippen molar-refractivity contribution in [1.29, 1.82) is 0 Å². The van der Waals surface area contributed by atoms with Gasteiger partial charge in [0, 0.05) is 24.7 Å². The van der Waals surface area contributed by atoms with Crippen LogP contribution in [0.25, 0.3) is 0 Å². The molecule has 1 aliphatic rings. The van der Waals surface area contributed by atoms with Gasteiger partial charge in [-0.25, -0.2) is 4.39 Å². The van der Waals surface area contributed by atoms with Crippen molar-refractivity contribution in [3.05, 3.63) is 35.6 Å². The number of ether oxygens (including phenoxy) is 1. The van der Waals surface area contributed by atoms with E-state index in [2.05, 4.69) is 11.8 Å². The van der Waals surface area contributed by atoms with E-state index in [1.807, 2.05) is 19.1 Å². The Balaban J connectivity index is 2.26. The third kappa shape index (κ3) is 3.14. The number of halogens is 1. The fraction of sp³-hybridized carbons (Fsp3) is 0.600. The molecule has 0 spiro atoms. The topological polar surface area (TPSA) is 38.5 Å². The van der Waals surface area contributed by atoms with Crippen LogP contribution in [0.2, 0.25) is 0 Å². The molecule has 0 aliphatic carbocycles. The van der Waals surface area contributed by atoms with Crippen molar-refractivity contribution < 1.29 is 9.13 Å². The van der Waals surface area contributed by atoms with E-state index in [0.717, 1.165) is 13.0 Å². The highest BCUT2D eigenvalue weighted by Gasteiger charge is 2.32. The predicted octanol–water partition coefficient (Wildman–Crippen LogP) is 2.32. The van der Waals surface area contributed by atoms with Gasteiger partial charge in [0.25, 0.3) is 0 Å². The highest BCUT2D eigenvalue weighted by molar-refractivity contribution is 5.22. The molecule has 0 amide bonds. The van der Waals surface area contributed by atoms with Crippen LogP contribution in [-0.2, 0) is 4.74 Å². The zero-order valence-electron chi connectivity index (χ0n) is 11.7. The summed E-state index contributed by atoms with van der Waals surface area (Å²) in [5, 5.41) is 0. The van der Waals surface area contributed by atoms with Crippen molar-refractivity contribution >= 4 is 0 Å². The van der Waals surface area contributed by atoms with E-state index in [1.54, 1.807) is 6.07 Å². The van der Waals surface area contributed by atoms with Crippen molar-refractivity contribution in [2.24, 2.45) is 5.73 Å². The van der Waals surface area contributed by atoms with Crippen molar-refractivity contribution in [1.82, 2.24) is 4.90 Å². The SMILES string of the molecule is CCC1COC(C)CN1C(CN)c1ccccc1F. The van der Waals surface area contributed by atoms with Crippen molar-refractivity contribution in [3.8, 4) is 0 Å². The molecule has 1 fully saturated rings. The summed E-state index contributed by atoms with van der Waals surface area (Å²) < 4.78 is 19.7. The van der Waals surface area contributed by atoms with E-state index < -0.39 is 0 Å². The fourth-order valence-electron chi connectivity index (χ4n) is 2.79. The number of benzene rings is 1. The molecule has 3 atom stereocenters. The summed E-state index contributed by atoms with van der Waals surface area (Å²) in [5.74, 6) is -0.174. The van der Waals surface area contributed by atoms with Gasteiger partial charge in [-0.05, 0) is 19.4 Å². The van der Waals surface area contributed by atoms with E-state index in [-0.39, 0.29) is 18.0 Å². The van der Waals surface area contributed by atoms with E-state index in [1.165, 1.54) is 6.07 Å². The van der Waals surface area contributed by atoms with Gasteiger partial charge in [-0.1, -0.05) is 25.1 Å². The number of nitrogens with zero attached hydrogens (tertiary/aromatic N) is 1. The summed E-state index contributed by atoms with van der Waals surface area (Å²) in [7, 11) is 0. The number of morpholine rings is 1.